The smallest absolute Gasteiger partial charge is 0.255 e. The molecule has 1 aliphatic heterocycles. The van der Waals surface area contributed by atoms with Gasteiger partial charge in [0.25, 0.3) is 5.91 Å². The van der Waals surface area contributed by atoms with Crippen LogP contribution in [-0.4, -0.2) is 36.2 Å². The van der Waals surface area contributed by atoms with Gasteiger partial charge in [0.15, 0.2) is 0 Å². The van der Waals surface area contributed by atoms with Crippen LogP contribution in [0.2, 0.25) is 0 Å². The van der Waals surface area contributed by atoms with E-state index in [2.05, 4.69) is 10.3 Å². The Bertz CT molecular complexity index is 588. The van der Waals surface area contributed by atoms with Crippen molar-refractivity contribution in [2.24, 2.45) is 0 Å². The van der Waals surface area contributed by atoms with Crippen LogP contribution in [0.5, 0.6) is 0 Å². The van der Waals surface area contributed by atoms with Crippen molar-refractivity contribution in [2.75, 3.05) is 29.5 Å². The molecular weight excluding hydrogens is 297 g/mol. The first kappa shape index (κ1) is 15.8. The van der Waals surface area contributed by atoms with Crippen LogP contribution in [-0.2, 0) is 0 Å². The van der Waals surface area contributed by atoms with Gasteiger partial charge in [0.1, 0.15) is 17.8 Å². The number of nitrogen functional groups attached to an aromatic ring is 2. The number of aromatic nitrogens is 1. The monoisotopic (exact) mass is 321 g/mol. The summed E-state index contributed by atoms with van der Waals surface area (Å²) >= 11 is 0. The predicted molar refractivity (Wildman–Crippen MR) is 89.1 cm³/mol. The number of rotatable bonds is 3. The molecule has 2 fully saturated rings. The van der Waals surface area contributed by atoms with Crippen molar-refractivity contribution in [1.29, 1.82) is 0 Å². The zero-order chi connectivity index (χ0) is 16.4. The molecule has 1 unspecified atom stereocenters. The fraction of sp³-hybridized carbons (Fsp3) is 0.625. The van der Waals surface area contributed by atoms with Crippen LogP contribution in [0.15, 0.2) is 6.07 Å². The number of pyridine rings is 1. The number of alkyl halides is 1. The van der Waals surface area contributed by atoms with E-state index in [-0.39, 0.29) is 30.0 Å². The maximum absolute atomic E-state index is 13.5. The topological polar surface area (TPSA) is 97.3 Å². The van der Waals surface area contributed by atoms with Crippen LogP contribution in [0, 0.1) is 0 Å². The second-order valence-corrected chi connectivity index (χ2v) is 6.47. The molecule has 23 heavy (non-hydrogen) atoms. The Morgan fingerprint density at radius 3 is 2.65 bits per heavy atom. The van der Waals surface area contributed by atoms with Crippen molar-refractivity contribution in [3.8, 4) is 0 Å². The van der Waals surface area contributed by atoms with Gasteiger partial charge < -0.3 is 21.7 Å². The first-order valence-corrected chi connectivity index (χ1v) is 8.30. The van der Waals surface area contributed by atoms with Gasteiger partial charge in [-0.05, 0) is 25.3 Å². The van der Waals surface area contributed by atoms with Gasteiger partial charge in [-0.25, -0.2) is 9.37 Å². The van der Waals surface area contributed by atoms with Crippen LogP contribution >= 0.6 is 0 Å². The summed E-state index contributed by atoms with van der Waals surface area (Å²) in [6, 6.07) is 1.75. The lowest BCUT2D eigenvalue weighted by Crippen LogP contribution is -2.37. The molecule has 1 amide bonds. The first-order valence-electron chi connectivity index (χ1n) is 8.30. The van der Waals surface area contributed by atoms with Crippen LogP contribution in [0.3, 0.4) is 0 Å². The van der Waals surface area contributed by atoms with E-state index in [4.69, 9.17) is 11.5 Å². The number of nitrogens with zero attached hydrogens (tertiary/aromatic N) is 2. The number of nitrogens with two attached hydrogens (primary N) is 2. The van der Waals surface area contributed by atoms with Crippen molar-refractivity contribution in [1.82, 2.24) is 10.3 Å². The molecule has 1 saturated carbocycles. The highest BCUT2D eigenvalue weighted by Crippen LogP contribution is 2.28. The molecule has 0 aromatic carbocycles. The number of amides is 1. The molecule has 1 aromatic heterocycles. The van der Waals surface area contributed by atoms with Gasteiger partial charge in [-0.3, -0.25) is 4.79 Å². The summed E-state index contributed by atoms with van der Waals surface area (Å²) in [5.74, 6) is 0.412. The SMILES string of the molecule is Nc1cc(C(=O)NC2CCCCC2)c(N2CCC(F)C2)nc1N. The third kappa shape index (κ3) is 3.48. The molecule has 5 N–H and O–H groups in total. The van der Waals surface area contributed by atoms with Crippen molar-refractivity contribution in [3.63, 3.8) is 0 Å². The Morgan fingerprint density at radius 2 is 2.00 bits per heavy atom. The Balaban J connectivity index is 1.84. The molecule has 1 atom stereocenters. The van der Waals surface area contributed by atoms with Gasteiger partial charge in [-0.1, -0.05) is 19.3 Å². The lowest BCUT2D eigenvalue weighted by Gasteiger charge is -2.25. The van der Waals surface area contributed by atoms with Gasteiger partial charge in [0.05, 0.1) is 17.8 Å². The van der Waals surface area contributed by atoms with Crippen molar-refractivity contribution >= 4 is 23.2 Å². The number of carbonyl (C=O) groups excluding carboxylic acids is 1. The maximum atomic E-state index is 13.5. The first-order chi connectivity index (χ1) is 11.0. The van der Waals surface area contributed by atoms with E-state index in [0.29, 0.717) is 24.3 Å². The number of anilines is 3. The molecular formula is C16H24FN5O. The van der Waals surface area contributed by atoms with E-state index in [0.717, 1.165) is 25.7 Å². The number of carbonyl (C=O) groups is 1. The van der Waals surface area contributed by atoms with Crippen molar-refractivity contribution in [3.05, 3.63) is 11.6 Å². The van der Waals surface area contributed by atoms with E-state index in [9.17, 15) is 9.18 Å². The quantitative estimate of drug-likeness (QED) is 0.789. The average molecular weight is 321 g/mol. The summed E-state index contributed by atoms with van der Waals surface area (Å²) in [6.07, 6.45) is 5.02. The fourth-order valence-electron chi connectivity index (χ4n) is 3.36. The van der Waals surface area contributed by atoms with Crippen molar-refractivity contribution < 1.29 is 9.18 Å². The van der Waals surface area contributed by atoms with Gasteiger partial charge in [0.2, 0.25) is 0 Å². The molecule has 7 heteroatoms. The fourth-order valence-corrected chi connectivity index (χ4v) is 3.36. The predicted octanol–water partition coefficient (Wildman–Crippen LogP) is 1.86. The number of nitrogens with one attached hydrogen (secondary N) is 1. The molecule has 1 saturated heterocycles. The average Bonchev–Trinajstić information content (AvgIpc) is 2.97. The van der Waals surface area contributed by atoms with E-state index < -0.39 is 6.17 Å². The van der Waals surface area contributed by atoms with Crippen LogP contribution < -0.4 is 21.7 Å². The molecule has 126 valence electrons. The van der Waals surface area contributed by atoms with Crippen LogP contribution in [0.4, 0.5) is 21.7 Å². The molecule has 3 rings (SSSR count). The van der Waals surface area contributed by atoms with E-state index >= 15 is 0 Å². The molecule has 0 radical (unpaired) electrons. The molecule has 0 bridgehead atoms. The normalized spacial score (nSPS) is 22.3. The molecule has 6 nitrogen and oxygen atoms in total. The summed E-state index contributed by atoms with van der Waals surface area (Å²) in [7, 11) is 0. The molecule has 0 spiro atoms. The molecule has 2 heterocycles. The van der Waals surface area contributed by atoms with Gasteiger partial charge in [-0.2, -0.15) is 0 Å². The number of hydrogen-bond donors (Lipinski definition) is 3. The summed E-state index contributed by atoms with van der Waals surface area (Å²) in [6.45, 7) is 0.765. The number of halogens is 1. The highest BCUT2D eigenvalue weighted by Gasteiger charge is 2.28. The van der Waals surface area contributed by atoms with E-state index in [1.165, 1.54) is 6.42 Å². The van der Waals surface area contributed by atoms with E-state index in [1.54, 1.807) is 11.0 Å². The third-order valence-electron chi connectivity index (χ3n) is 4.68. The second-order valence-electron chi connectivity index (χ2n) is 6.47. The van der Waals surface area contributed by atoms with Gasteiger partial charge >= 0.3 is 0 Å². The Morgan fingerprint density at radius 1 is 1.26 bits per heavy atom. The third-order valence-corrected chi connectivity index (χ3v) is 4.68. The Kier molecular flexibility index (Phi) is 4.54. The lowest BCUT2D eigenvalue weighted by molar-refractivity contribution is 0.0928. The molecule has 1 aliphatic carbocycles. The largest absolute Gasteiger partial charge is 0.396 e. The zero-order valence-corrected chi connectivity index (χ0v) is 13.2. The molecule has 2 aliphatic rings. The van der Waals surface area contributed by atoms with Crippen LogP contribution in [0.25, 0.3) is 0 Å². The highest BCUT2D eigenvalue weighted by atomic mass is 19.1. The Labute approximate surface area is 135 Å². The minimum Gasteiger partial charge on any atom is -0.396 e. The summed E-state index contributed by atoms with van der Waals surface area (Å²) in [5, 5.41) is 3.06. The highest BCUT2D eigenvalue weighted by molar-refractivity contribution is 6.00. The van der Waals surface area contributed by atoms with Gasteiger partial charge in [-0.15, -0.1) is 0 Å². The Hall–Kier alpha value is -2.05. The minimum atomic E-state index is -0.898. The van der Waals surface area contributed by atoms with E-state index in [1.807, 2.05) is 0 Å². The van der Waals surface area contributed by atoms with Gasteiger partial charge in [0, 0.05) is 12.6 Å². The zero-order valence-electron chi connectivity index (χ0n) is 13.2. The van der Waals surface area contributed by atoms with Crippen LogP contribution in [0.1, 0.15) is 48.9 Å². The van der Waals surface area contributed by atoms with Crippen molar-refractivity contribution in [2.45, 2.75) is 50.7 Å². The lowest BCUT2D eigenvalue weighted by atomic mass is 9.95. The summed E-state index contributed by atoms with van der Waals surface area (Å²) < 4.78 is 13.5. The standard InChI is InChI=1S/C16H24FN5O/c17-10-6-7-22(9-10)15-12(8-13(18)14(19)21-15)16(23)20-11-4-2-1-3-5-11/h8,10-11H,1-7,9,18H2,(H2,19,21)(H,20,23). The summed E-state index contributed by atoms with van der Waals surface area (Å²) in [4.78, 5) is 18.7. The molecule has 1 aromatic rings. The maximum Gasteiger partial charge on any atom is 0.255 e. The second kappa shape index (κ2) is 6.60. The minimum absolute atomic E-state index is 0.177. The summed E-state index contributed by atoms with van der Waals surface area (Å²) in [5.41, 5.74) is 12.3. The number of hydrogen-bond acceptors (Lipinski definition) is 5.